The minimum absolute atomic E-state index is 0.769. The van der Waals surface area contributed by atoms with Crippen molar-refractivity contribution in [3.8, 4) is 5.75 Å². The zero-order valence-corrected chi connectivity index (χ0v) is 9.83. The zero-order chi connectivity index (χ0) is 11.2. The maximum atomic E-state index is 5.03. The first-order valence-electron chi connectivity index (χ1n) is 5.01. The van der Waals surface area contributed by atoms with Crippen LogP contribution in [0.15, 0.2) is 29.9 Å². The normalized spacial score (nSPS) is 10.1. The number of hydrogen-bond donors (Lipinski definition) is 1. The molecule has 0 radical (unpaired) electrons. The van der Waals surface area contributed by atoms with Crippen molar-refractivity contribution in [1.82, 2.24) is 9.97 Å². The molecular formula is C11H13N3OS. The third-order valence-electron chi connectivity index (χ3n) is 2.10. The van der Waals surface area contributed by atoms with E-state index in [1.165, 1.54) is 0 Å². The fraction of sp³-hybridized carbons (Fsp3) is 0.273. The Morgan fingerprint density at radius 3 is 2.94 bits per heavy atom. The van der Waals surface area contributed by atoms with Crippen LogP contribution in [-0.2, 0) is 6.42 Å². The lowest BCUT2D eigenvalue weighted by atomic mass is 10.4. The fourth-order valence-corrected chi connectivity index (χ4v) is 1.90. The number of rotatable bonds is 5. The molecule has 0 amide bonds. The molecule has 0 aliphatic rings. The zero-order valence-electron chi connectivity index (χ0n) is 9.01. The van der Waals surface area contributed by atoms with Crippen LogP contribution in [0.25, 0.3) is 0 Å². The van der Waals surface area contributed by atoms with Crippen LogP contribution >= 0.6 is 11.3 Å². The minimum atomic E-state index is 0.769. The molecule has 84 valence electrons. The number of thiazole rings is 1. The number of ether oxygens (including phenoxy) is 1. The van der Waals surface area contributed by atoms with Gasteiger partial charge in [0.1, 0.15) is 11.6 Å². The molecule has 0 atom stereocenters. The Bertz CT molecular complexity index is 413. The number of nitrogens with one attached hydrogen (secondary N) is 1. The maximum absolute atomic E-state index is 5.03. The second-order valence-corrected chi connectivity index (χ2v) is 4.17. The molecule has 5 heteroatoms. The summed E-state index contributed by atoms with van der Waals surface area (Å²) in [6.07, 6.45) is 4.45. The Kier molecular flexibility index (Phi) is 3.71. The Morgan fingerprint density at radius 1 is 1.38 bits per heavy atom. The molecule has 0 aromatic carbocycles. The van der Waals surface area contributed by atoms with Crippen molar-refractivity contribution in [3.63, 3.8) is 0 Å². The molecule has 0 aliphatic heterocycles. The third kappa shape index (κ3) is 2.93. The smallest absolute Gasteiger partial charge is 0.137 e. The van der Waals surface area contributed by atoms with Gasteiger partial charge in [0.05, 0.1) is 18.3 Å². The van der Waals surface area contributed by atoms with Crippen LogP contribution < -0.4 is 10.1 Å². The van der Waals surface area contributed by atoms with Crippen molar-refractivity contribution >= 4 is 17.2 Å². The highest BCUT2D eigenvalue weighted by molar-refractivity contribution is 7.09. The summed E-state index contributed by atoms with van der Waals surface area (Å²) in [6, 6.07) is 3.79. The van der Waals surface area contributed by atoms with Gasteiger partial charge in [0.2, 0.25) is 0 Å². The molecule has 0 saturated carbocycles. The second kappa shape index (κ2) is 5.46. The van der Waals surface area contributed by atoms with Gasteiger partial charge in [0.25, 0.3) is 0 Å². The largest absolute Gasteiger partial charge is 0.495 e. The van der Waals surface area contributed by atoms with Gasteiger partial charge in [-0.15, -0.1) is 11.3 Å². The lowest BCUT2D eigenvalue weighted by molar-refractivity contribution is 0.413. The second-order valence-electron chi connectivity index (χ2n) is 3.19. The molecule has 0 aliphatic carbocycles. The average molecular weight is 235 g/mol. The van der Waals surface area contributed by atoms with Gasteiger partial charge in [-0.05, 0) is 12.1 Å². The van der Waals surface area contributed by atoms with Crippen LogP contribution in [0.2, 0.25) is 0 Å². The SMILES string of the molecule is COc1ccc(NCCc2nccs2)nc1. The summed E-state index contributed by atoms with van der Waals surface area (Å²) in [6.45, 7) is 0.840. The van der Waals surface area contributed by atoms with Crippen LogP contribution in [0.4, 0.5) is 5.82 Å². The highest BCUT2D eigenvalue weighted by atomic mass is 32.1. The van der Waals surface area contributed by atoms with Gasteiger partial charge in [0, 0.05) is 24.5 Å². The summed E-state index contributed by atoms with van der Waals surface area (Å²) >= 11 is 1.67. The molecule has 0 bridgehead atoms. The van der Waals surface area contributed by atoms with Gasteiger partial charge in [0.15, 0.2) is 0 Å². The molecule has 0 fully saturated rings. The summed E-state index contributed by atoms with van der Waals surface area (Å²) in [7, 11) is 1.63. The Morgan fingerprint density at radius 2 is 2.31 bits per heavy atom. The number of methoxy groups -OCH3 is 1. The third-order valence-corrected chi connectivity index (χ3v) is 2.94. The number of nitrogens with zero attached hydrogens (tertiary/aromatic N) is 2. The summed E-state index contributed by atoms with van der Waals surface area (Å²) < 4.78 is 5.03. The van der Waals surface area contributed by atoms with Gasteiger partial charge in [-0.2, -0.15) is 0 Å². The van der Waals surface area contributed by atoms with Gasteiger partial charge in [-0.3, -0.25) is 0 Å². The van der Waals surface area contributed by atoms with Crippen LogP contribution in [0.1, 0.15) is 5.01 Å². The van der Waals surface area contributed by atoms with Crippen molar-refractivity contribution in [3.05, 3.63) is 34.9 Å². The predicted molar refractivity (Wildman–Crippen MR) is 65.1 cm³/mol. The summed E-state index contributed by atoms with van der Waals surface area (Å²) in [4.78, 5) is 8.43. The lowest BCUT2D eigenvalue weighted by Crippen LogP contribution is -2.05. The maximum Gasteiger partial charge on any atom is 0.137 e. The highest BCUT2D eigenvalue weighted by Crippen LogP contribution is 2.11. The van der Waals surface area contributed by atoms with Crippen molar-refractivity contribution < 1.29 is 4.74 Å². The molecule has 0 spiro atoms. The van der Waals surface area contributed by atoms with Gasteiger partial charge in [-0.1, -0.05) is 0 Å². The average Bonchev–Trinajstić information content (AvgIpc) is 2.83. The molecular weight excluding hydrogens is 222 g/mol. The molecule has 2 aromatic heterocycles. The van der Waals surface area contributed by atoms with Crippen molar-refractivity contribution in [2.75, 3.05) is 19.0 Å². The van der Waals surface area contributed by atoms with E-state index in [0.29, 0.717) is 0 Å². The lowest BCUT2D eigenvalue weighted by Gasteiger charge is -2.04. The van der Waals surface area contributed by atoms with Gasteiger partial charge < -0.3 is 10.1 Å². The molecule has 1 N–H and O–H groups in total. The summed E-state index contributed by atoms with van der Waals surface area (Å²) in [5.41, 5.74) is 0. The number of hydrogen-bond acceptors (Lipinski definition) is 5. The van der Waals surface area contributed by atoms with Crippen molar-refractivity contribution in [1.29, 1.82) is 0 Å². The predicted octanol–water partition coefficient (Wildman–Crippen LogP) is 2.20. The molecule has 0 saturated heterocycles. The van der Waals surface area contributed by atoms with E-state index in [-0.39, 0.29) is 0 Å². The van der Waals surface area contributed by atoms with Gasteiger partial charge in [-0.25, -0.2) is 9.97 Å². The number of anilines is 1. The van der Waals surface area contributed by atoms with E-state index in [9.17, 15) is 0 Å². The summed E-state index contributed by atoms with van der Waals surface area (Å²) in [5.74, 6) is 1.63. The Labute approximate surface area is 98.3 Å². The van der Waals surface area contributed by atoms with E-state index in [0.717, 1.165) is 29.5 Å². The molecule has 2 aromatic rings. The van der Waals surface area contributed by atoms with Crippen molar-refractivity contribution in [2.24, 2.45) is 0 Å². The first-order valence-corrected chi connectivity index (χ1v) is 5.89. The molecule has 0 unspecified atom stereocenters. The topological polar surface area (TPSA) is 47.0 Å². The van der Waals surface area contributed by atoms with E-state index in [1.54, 1.807) is 24.6 Å². The number of pyridine rings is 1. The van der Waals surface area contributed by atoms with E-state index >= 15 is 0 Å². The first kappa shape index (κ1) is 10.9. The molecule has 2 heterocycles. The Balaban J connectivity index is 1.81. The van der Waals surface area contributed by atoms with E-state index in [2.05, 4.69) is 15.3 Å². The minimum Gasteiger partial charge on any atom is -0.495 e. The first-order chi connectivity index (χ1) is 7.88. The van der Waals surface area contributed by atoms with Crippen molar-refractivity contribution in [2.45, 2.75) is 6.42 Å². The van der Waals surface area contributed by atoms with Crippen LogP contribution in [0, 0.1) is 0 Å². The molecule has 4 nitrogen and oxygen atoms in total. The van der Waals surface area contributed by atoms with Crippen LogP contribution in [-0.4, -0.2) is 23.6 Å². The highest BCUT2D eigenvalue weighted by Gasteiger charge is 1.97. The summed E-state index contributed by atoms with van der Waals surface area (Å²) in [5, 5.41) is 6.36. The Hall–Kier alpha value is -1.62. The molecule has 2 rings (SSSR count). The van der Waals surface area contributed by atoms with E-state index in [4.69, 9.17) is 4.74 Å². The fourth-order valence-electron chi connectivity index (χ4n) is 1.28. The van der Waals surface area contributed by atoms with E-state index < -0.39 is 0 Å². The quantitative estimate of drug-likeness (QED) is 0.863. The molecule has 16 heavy (non-hydrogen) atoms. The number of aromatic nitrogens is 2. The van der Waals surface area contributed by atoms with Crippen LogP contribution in [0.5, 0.6) is 5.75 Å². The monoisotopic (exact) mass is 235 g/mol. The van der Waals surface area contributed by atoms with Gasteiger partial charge >= 0.3 is 0 Å². The van der Waals surface area contributed by atoms with E-state index in [1.807, 2.05) is 23.7 Å². The van der Waals surface area contributed by atoms with Crippen LogP contribution in [0.3, 0.4) is 0 Å². The standard InChI is InChI=1S/C11H13N3OS/c1-15-9-2-3-10(14-8-9)12-5-4-11-13-6-7-16-11/h2-3,6-8H,4-5H2,1H3,(H,12,14).